The summed E-state index contributed by atoms with van der Waals surface area (Å²) in [6.45, 7) is 7.19. The third-order valence-electron chi connectivity index (χ3n) is 16.5. The highest BCUT2D eigenvalue weighted by molar-refractivity contribution is 7.47. The van der Waals surface area contributed by atoms with E-state index in [-0.39, 0.29) is 25.7 Å². The van der Waals surface area contributed by atoms with Gasteiger partial charge in [0.2, 0.25) is 0 Å². The molecule has 19 heteroatoms. The molecule has 0 aromatic heterocycles. The molecular formula is C71H138O17P2. The van der Waals surface area contributed by atoms with Gasteiger partial charge in [0, 0.05) is 25.7 Å². The van der Waals surface area contributed by atoms with Gasteiger partial charge in [-0.2, -0.15) is 0 Å². The Kier molecular flexibility index (Phi) is 63.0. The maximum atomic E-state index is 13.0. The van der Waals surface area contributed by atoms with E-state index in [2.05, 4.69) is 34.6 Å². The first-order valence-corrected chi connectivity index (χ1v) is 40.1. The molecule has 5 atom stereocenters. The Morgan fingerprint density at radius 3 is 0.756 bits per heavy atom. The fourth-order valence-corrected chi connectivity index (χ4v) is 12.4. The minimum absolute atomic E-state index is 0.104. The molecule has 0 rings (SSSR count). The van der Waals surface area contributed by atoms with Gasteiger partial charge in [-0.25, -0.2) is 9.13 Å². The molecule has 17 nitrogen and oxygen atoms in total. The second-order valence-corrected chi connectivity index (χ2v) is 29.0. The number of hydrogen-bond acceptors (Lipinski definition) is 15. The van der Waals surface area contributed by atoms with Crippen LogP contribution in [0.5, 0.6) is 0 Å². The van der Waals surface area contributed by atoms with Crippen LogP contribution in [0.3, 0.4) is 0 Å². The molecule has 0 heterocycles. The smallest absolute Gasteiger partial charge is 0.462 e. The zero-order chi connectivity index (χ0) is 66.3. The van der Waals surface area contributed by atoms with Crippen LogP contribution in [-0.4, -0.2) is 96.7 Å². The lowest BCUT2D eigenvalue weighted by molar-refractivity contribution is -0.161. The minimum Gasteiger partial charge on any atom is -0.462 e. The summed E-state index contributed by atoms with van der Waals surface area (Å²) in [5.41, 5.74) is 0. The summed E-state index contributed by atoms with van der Waals surface area (Å²) >= 11 is 0. The highest BCUT2D eigenvalue weighted by Gasteiger charge is 2.30. The molecule has 0 aliphatic carbocycles. The van der Waals surface area contributed by atoms with Gasteiger partial charge in [-0.15, -0.1) is 0 Å². The van der Waals surface area contributed by atoms with Crippen LogP contribution in [0.1, 0.15) is 369 Å². The van der Waals surface area contributed by atoms with Gasteiger partial charge in [0.1, 0.15) is 19.3 Å². The van der Waals surface area contributed by atoms with Gasteiger partial charge >= 0.3 is 39.5 Å². The Morgan fingerprint density at radius 1 is 0.300 bits per heavy atom. The van der Waals surface area contributed by atoms with E-state index in [1.807, 2.05) is 0 Å². The second-order valence-electron chi connectivity index (χ2n) is 26.1. The van der Waals surface area contributed by atoms with E-state index in [4.69, 9.17) is 37.0 Å². The van der Waals surface area contributed by atoms with E-state index in [1.54, 1.807) is 0 Å². The number of esters is 4. The molecule has 0 bridgehead atoms. The molecule has 0 spiro atoms. The molecule has 0 aromatic carbocycles. The van der Waals surface area contributed by atoms with E-state index < -0.39 is 97.5 Å². The molecule has 0 aliphatic heterocycles. The monoisotopic (exact) mass is 1320 g/mol. The molecule has 0 radical (unpaired) electrons. The molecule has 534 valence electrons. The lowest BCUT2D eigenvalue weighted by Crippen LogP contribution is -2.30. The molecule has 3 N–H and O–H groups in total. The van der Waals surface area contributed by atoms with Crippen molar-refractivity contribution in [2.45, 2.75) is 387 Å². The zero-order valence-electron chi connectivity index (χ0n) is 58.3. The van der Waals surface area contributed by atoms with E-state index in [9.17, 15) is 43.2 Å². The number of hydrogen-bond donors (Lipinski definition) is 3. The van der Waals surface area contributed by atoms with Crippen molar-refractivity contribution in [3.63, 3.8) is 0 Å². The van der Waals surface area contributed by atoms with Gasteiger partial charge in [-0.3, -0.25) is 37.3 Å². The lowest BCUT2D eigenvalue weighted by Gasteiger charge is -2.21. The van der Waals surface area contributed by atoms with Crippen LogP contribution < -0.4 is 0 Å². The first-order chi connectivity index (χ1) is 43.5. The number of phosphoric acid groups is 2. The summed E-state index contributed by atoms with van der Waals surface area (Å²) in [7, 11) is -9.90. The third-order valence-corrected chi connectivity index (χ3v) is 18.4. The first-order valence-electron chi connectivity index (χ1n) is 37.1. The number of aliphatic hydroxyl groups is 1. The standard InChI is InChI=1S/C71H138O17P2/c1-6-9-12-15-18-21-24-26-28-30-32-35-40-45-50-55-69(74)82-60-66(87-70(75)56-51-46-41-36-33-31-29-27-25-22-19-16-13-10-7-2)62-85-89(77,78)83-58-65(72)59-84-90(79,80)86-63-67(88-71(76)57-52-47-42-37-38-43-48-53-64(4)5)61-81-68(73)54-49-44-39-34-23-20-17-14-11-8-3/h64-67,72H,6-63H2,1-5H3,(H,77,78)(H,79,80)/t65-,66-,67-/m1/s1. The molecule has 0 aliphatic rings. The minimum atomic E-state index is -4.95. The quantitative estimate of drug-likeness (QED) is 0.0222. The van der Waals surface area contributed by atoms with E-state index in [0.29, 0.717) is 31.6 Å². The predicted octanol–water partition coefficient (Wildman–Crippen LogP) is 20.5. The predicted molar refractivity (Wildman–Crippen MR) is 363 cm³/mol. The van der Waals surface area contributed by atoms with Crippen molar-refractivity contribution in [2.75, 3.05) is 39.6 Å². The van der Waals surface area contributed by atoms with Crippen molar-refractivity contribution < 1.29 is 80.2 Å². The molecule has 0 fully saturated rings. The van der Waals surface area contributed by atoms with Crippen molar-refractivity contribution in [2.24, 2.45) is 5.92 Å². The number of carbonyl (C=O) groups excluding carboxylic acids is 4. The van der Waals surface area contributed by atoms with E-state index >= 15 is 0 Å². The molecule has 0 saturated heterocycles. The fraction of sp³-hybridized carbons (Fsp3) is 0.944. The summed E-state index contributed by atoms with van der Waals surface area (Å²) in [5, 5.41) is 10.6. The Bertz CT molecular complexity index is 1740. The molecule has 0 saturated carbocycles. The van der Waals surface area contributed by atoms with Crippen LogP contribution >= 0.6 is 15.6 Å². The van der Waals surface area contributed by atoms with Crippen LogP contribution in [0.2, 0.25) is 0 Å². The average molecular weight is 1330 g/mol. The topological polar surface area (TPSA) is 237 Å². The van der Waals surface area contributed by atoms with Crippen LogP contribution in [0.4, 0.5) is 0 Å². The largest absolute Gasteiger partial charge is 0.472 e. The molecule has 2 unspecified atom stereocenters. The maximum Gasteiger partial charge on any atom is 0.472 e. The van der Waals surface area contributed by atoms with Gasteiger partial charge in [0.15, 0.2) is 12.2 Å². The summed E-state index contributed by atoms with van der Waals surface area (Å²) in [4.78, 5) is 72.5. The highest BCUT2D eigenvalue weighted by atomic mass is 31.2. The zero-order valence-corrected chi connectivity index (χ0v) is 60.1. The third kappa shape index (κ3) is 64.8. The van der Waals surface area contributed by atoms with Crippen LogP contribution in [0.25, 0.3) is 0 Å². The molecular weight excluding hydrogens is 1190 g/mol. The number of rotatable bonds is 71. The highest BCUT2D eigenvalue weighted by Crippen LogP contribution is 2.45. The van der Waals surface area contributed by atoms with Crippen molar-refractivity contribution in [3.8, 4) is 0 Å². The fourth-order valence-electron chi connectivity index (χ4n) is 10.8. The Hall–Kier alpha value is -1.94. The molecule has 0 amide bonds. The number of ether oxygens (including phenoxy) is 4. The SMILES string of the molecule is CCCCCCCCCCCCCCCCCC(=O)OC[C@H](COP(=O)(O)OC[C@@H](O)COP(=O)(O)OC[C@@H](COC(=O)CCCCCCCCCCCC)OC(=O)CCCCCCCCCC(C)C)OC(=O)CCCCCCCCCCCCCCCCC. The summed E-state index contributed by atoms with van der Waals surface area (Å²) in [6.07, 6.45) is 51.3. The normalized spacial score (nSPS) is 14.1. The van der Waals surface area contributed by atoms with Crippen LogP contribution in [0, 0.1) is 5.92 Å². The van der Waals surface area contributed by atoms with Gasteiger partial charge in [-0.05, 0) is 31.6 Å². The van der Waals surface area contributed by atoms with Crippen LogP contribution in [0.15, 0.2) is 0 Å². The Labute approximate surface area is 549 Å². The Balaban J connectivity index is 5.23. The molecule has 90 heavy (non-hydrogen) atoms. The van der Waals surface area contributed by atoms with Crippen molar-refractivity contribution in [1.82, 2.24) is 0 Å². The maximum absolute atomic E-state index is 13.0. The van der Waals surface area contributed by atoms with Gasteiger partial charge in [0.05, 0.1) is 26.4 Å². The first kappa shape index (κ1) is 88.1. The summed E-state index contributed by atoms with van der Waals surface area (Å²) < 4.78 is 68.3. The number of carbonyl (C=O) groups is 4. The molecule has 0 aromatic rings. The van der Waals surface area contributed by atoms with E-state index in [0.717, 1.165) is 89.9 Å². The number of phosphoric ester groups is 2. The van der Waals surface area contributed by atoms with Crippen molar-refractivity contribution in [3.05, 3.63) is 0 Å². The number of unbranched alkanes of at least 4 members (excludes halogenated alkanes) is 43. The van der Waals surface area contributed by atoms with Crippen LogP contribution in [-0.2, 0) is 65.4 Å². The van der Waals surface area contributed by atoms with Gasteiger partial charge in [-0.1, -0.05) is 317 Å². The summed E-state index contributed by atoms with van der Waals surface area (Å²) in [6, 6.07) is 0. The van der Waals surface area contributed by atoms with Gasteiger partial charge in [0.25, 0.3) is 0 Å². The summed E-state index contributed by atoms with van der Waals surface area (Å²) in [5.74, 6) is -1.43. The van der Waals surface area contributed by atoms with Crippen molar-refractivity contribution in [1.29, 1.82) is 0 Å². The van der Waals surface area contributed by atoms with Crippen molar-refractivity contribution >= 4 is 39.5 Å². The lowest BCUT2D eigenvalue weighted by atomic mass is 10.0. The van der Waals surface area contributed by atoms with E-state index in [1.165, 1.54) is 193 Å². The second kappa shape index (κ2) is 64.4. The Morgan fingerprint density at radius 2 is 0.511 bits per heavy atom. The average Bonchev–Trinajstić information content (AvgIpc) is 3.73. The van der Waals surface area contributed by atoms with Gasteiger partial charge < -0.3 is 33.8 Å². The number of aliphatic hydroxyl groups excluding tert-OH is 1.